The lowest BCUT2D eigenvalue weighted by Crippen LogP contribution is -2.37. The van der Waals surface area contributed by atoms with Crippen LogP contribution in [0, 0.1) is 13.8 Å². The lowest BCUT2D eigenvalue weighted by molar-refractivity contribution is -0.117. The van der Waals surface area contributed by atoms with Crippen LogP contribution in [-0.4, -0.2) is 28.6 Å². The molecule has 1 atom stereocenters. The molecule has 1 saturated heterocycles. The van der Waals surface area contributed by atoms with E-state index in [0.717, 1.165) is 34.3 Å². The van der Waals surface area contributed by atoms with E-state index in [0.29, 0.717) is 5.89 Å². The van der Waals surface area contributed by atoms with Gasteiger partial charge in [0.25, 0.3) is 0 Å². The standard InChI is InChI=1S/C15H17N3O2S/c1-9-10(2)20-15(17-9)11-4-3-5-12(6-11)18-14(19)13-7-21-8-16-13/h3-6,13,16H,7-8H2,1-2H3,(H,18,19). The summed E-state index contributed by atoms with van der Waals surface area (Å²) in [5.41, 5.74) is 2.49. The molecule has 21 heavy (non-hydrogen) atoms. The summed E-state index contributed by atoms with van der Waals surface area (Å²) in [6.45, 7) is 3.80. The van der Waals surface area contributed by atoms with Crippen LogP contribution < -0.4 is 10.6 Å². The van der Waals surface area contributed by atoms with Gasteiger partial charge in [-0.1, -0.05) is 6.07 Å². The number of anilines is 1. The fourth-order valence-corrected chi connectivity index (χ4v) is 3.06. The van der Waals surface area contributed by atoms with E-state index in [1.807, 2.05) is 38.1 Å². The van der Waals surface area contributed by atoms with Gasteiger partial charge in [0.05, 0.1) is 11.7 Å². The zero-order valence-corrected chi connectivity index (χ0v) is 12.8. The highest BCUT2D eigenvalue weighted by Gasteiger charge is 2.22. The number of carbonyl (C=O) groups is 1. The molecular formula is C15H17N3O2S. The van der Waals surface area contributed by atoms with Crippen molar-refractivity contribution >= 4 is 23.4 Å². The van der Waals surface area contributed by atoms with Gasteiger partial charge >= 0.3 is 0 Å². The summed E-state index contributed by atoms with van der Waals surface area (Å²) in [4.78, 5) is 16.5. The molecule has 0 radical (unpaired) electrons. The van der Waals surface area contributed by atoms with Crippen LogP contribution in [0.4, 0.5) is 5.69 Å². The second kappa shape index (κ2) is 5.91. The lowest BCUT2D eigenvalue weighted by atomic mass is 10.2. The molecule has 1 amide bonds. The van der Waals surface area contributed by atoms with Gasteiger partial charge in [0.1, 0.15) is 5.76 Å². The molecule has 1 aliphatic heterocycles. The van der Waals surface area contributed by atoms with E-state index in [2.05, 4.69) is 15.6 Å². The van der Waals surface area contributed by atoms with Crippen LogP contribution in [0.2, 0.25) is 0 Å². The van der Waals surface area contributed by atoms with Crippen molar-refractivity contribution in [2.24, 2.45) is 0 Å². The molecule has 1 aromatic carbocycles. The SMILES string of the molecule is Cc1nc(-c2cccc(NC(=O)C3CSCN3)c2)oc1C. The van der Waals surface area contributed by atoms with Gasteiger partial charge in [0, 0.05) is 22.9 Å². The molecule has 1 aromatic heterocycles. The first-order chi connectivity index (χ1) is 10.1. The number of oxazole rings is 1. The first-order valence-electron chi connectivity index (χ1n) is 6.80. The van der Waals surface area contributed by atoms with Gasteiger partial charge in [-0.3, -0.25) is 10.1 Å². The normalized spacial score (nSPS) is 17.9. The summed E-state index contributed by atoms with van der Waals surface area (Å²) >= 11 is 1.73. The van der Waals surface area contributed by atoms with Gasteiger partial charge in [-0.25, -0.2) is 4.98 Å². The molecule has 1 fully saturated rings. The Morgan fingerprint density at radius 2 is 2.33 bits per heavy atom. The Morgan fingerprint density at radius 1 is 1.48 bits per heavy atom. The predicted molar refractivity (Wildman–Crippen MR) is 84.3 cm³/mol. The number of carbonyl (C=O) groups excluding carboxylic acids is 1. The maximum atomic E-state index is 12.1. The second-order valence-corrected chi connectivity index (χ2v) is 6.03. The highest BCUT2D eigenvalue weighted by Crippen LogP contribution is 2.24. The molecule has 0 bridgehead atoms. The Labute approximate surface area is 127 Å². The Kier molecular flexibility index (Phi) is 3.98. The summed E-state index contributed by atoms with van der Waals surface area (Å²) in [6.07, 6.45) is 0. The molecule has 1 unspecified atom stereocenters. The number of nitrogens with zero attached hydrogens (tertiary/aromatic N) is 1. The number of nitrogens with one attached hydrogen (secondary N) is 2. The second-order valence-electron chi connectivity index (χ2n) is 5.00. The zero-order chi connectivity index (χ0) is 14.8. The topological polar surface area (TPSA) is 67.2 Å². The molecule has 2 N–H and O–H groups in total. The van der Waals surface area contributed by atoms with Gasteiger partial charge in [0.15, 0.2) is 0 Å². The van der Waals surface area contributed by atoms with Crippen LogP contribution in [-0.2, 0) is 4.79 Å². The van der Waals surface area contributed by atoms with E-state index in [9.17, 15) is 4.79 Å². The van der Waals surface area contributed by atoms with Crippen molar-refractivity contribution < 1.29 is 9.21 Å². The monoisotopic (exact) mass is 303 g/mol. The largest absolute Gasteiger partial charge is 0.441 e. The van der Waals surface area contributed by atoms with Crippen LogP contribution >= 0.6 is 11.8 Å². The van der Waals surface area contributed by atoms with E-state index in [1.54, 1.807) is 11.8 Å². The van der Waals surface area contributed by atoms with Crippen LogP contribution in [0.3, 0.4) is 0 Å². The number of thioether (sulfide) groups is 1. The average molecular weight is 303 g/mol. The van der Waals surface area contributed by atoms with E-state index in [4.69, 9.17) is 4.42 Å². The van der Waals surface area contributed by atoms with Crippen molar-refractivity contribution in [1.82, 2.24) is 10.3 Å². The van der Waals surface area contributed by atoms with Crippen molar-refractivity contribution in [3.63, 3.8) is 0 Å². The summed E-state index contributed by atoms with van der Waals surface area (Å²) in [6, 6.07) is 7.43. The molecule has 2 aromatic rings. The van der Waals surface area contributed by atoms with E-state index in [-0.39, 0.29) is 11.9 Å². The maximum absolute atomic E-state index is 12.1. The number of aryl methyl sites for hydroxylation is 2. The van der Waals surface area contributed by atoms with Crippen molar-refractivity contribution in [1.29, 1.82) is 0 Å². The quantitative estimate of drug-likeness (QED) is 0.912. The third-order valence-electron chi connectivity index (χ3n) is 3.44. The highest BCUT2D eigenvalue weighted by molar-refractivity contribution is 7.99. The van der Waals surface area contributed by atoms with Gasteiger partial charge in [-0.05, 0) is 32.0 Å². The molecule has 3 rings (SSSR count). The first-order valence-corrected chi connectivity index (χ1v) is 7.95. The van der Waals surface area contributed by atoms with E-state index >= 15 is 0 Å². The Balaban J connectivity index is 1.78. The minimum atomic E-state index is -0.120. The number of benzene rings is 1. The Bertz CT molecular complexity index is 643. The number of amides is 1. The van der Waals surface area contributed by atoms with Crippen LogP contribution in [0.5, 0.6) is 0 Å². The predicted octanol–water partition coefficient (Wildman–Crippen LogP) is 2.56. The van der Waals surface area contributed by atoms with Crippen molar-refractivity contribution in [3.05, 3.63) is 35.7 Å². The van der Waals surface area contributed by atoms with Crippen molar-refractivity contribution in [2.75, 3.05) is 16.9 Å². The Morgan fingerprint density at radius 3 is 3.00 bits per heavy atom. The lowest BCUT2D eigenvalue weighted by Gasteiger charge is -2.10. The third-order valence-corrected chi connectivity index (χ3v) is 4.38. The molecule has 0 aliphatic carbocycles. The Hall–Kier alpha value is -1.79. The summed E-state index contributed by atoms with van der Waals surface area (Å²) in [5, 5.41) is 6.08. The summed E-state index contributed by atoms with van der Waals surface area (Å²) in [7, 11) is 0. The molecule has 110 valence electrons. The zero-order valence-electron chi connectivity index (χ0n) is 12.0. The number of hydrogen-bond donors (Lipinski definition) is 2. The van der Waals surface area contributed by atoms with Gasteiger partial charge < -0.3 is 9.73 Å². The minimum Gasteiger partial charge on any atom is -0.441 e. The van der Waals surface area contributed by atoms with Crippen LogP contribution in [0.15, 0.2) is 28.7 Å². The van der Waals surface area contributed by atoms with Gasteiger partial charge in [-0.15, -0.1) is 11.8 Å². The fraction of sp³-hybridized carbons (Fsp3) is 0.333. The maximum Gasteiger partial charge on any atom is 0.242 e. The van der Waals surface area contributed by atoms with Crippen molar-refractivity contribution in [2.45, 2.75) is 19.9 Å². The highest BCUT2D eigenvalue weighted by atomic mass is 32.2. The fourth-order valence-electron chi connectivity index (χ4n) is 2.12. The summed E-state index contributed by atoms with van der Waals surface area (Å²) in [5.74, 6) is 3.02. The molecule has 2 heterocycles. The summed E-state index contributed by atoms with van der Waals surface area (Å²) < 4.78 is 5.62. The van der Waals surface area contributed by atoms with Gasteiger partial charge in [-0.2, -0.15) is 0 Å². The minimum absolute atomic E-state index is 0.00286. The smallest absolute Gasteiger partial charge is 0.242 e. The van der Waals surface area contributed by atoms with E-state index < -0.39 is 0 Å². The molecule has 6 heteroatoms. The molecule has 1 aliphatic rings. The molecule has 0 spiro atoms. The number of aromatic nitrogens is 1. The molecule has 5 nitrogen and oxygen atoms in total. The van der Waals surface area contributed by atoms with Gasteiger partial charge in [0.2, 0.25) is 11.8 Å². The average Bonchev–Trinajstić information content (AvgIpc) is 3.10. The van der Waals surface area contributed by atoms with Crippen molar-refractivity contribution in [3.8, 4) is 11.5 Å². The molecular weight excluding hydrogens is 286 g/mol. The van der Waals surface area contributed by atoms with Crippen LogP contribution in [0.25, 0.3) is 11.5 Å². The first kappa shape index (κ1) is 14.2. The molecule has 0 saturated carbocycles. The third kappa shape index (κ3) is 3.11. The van der Waals surface area contributed by atoms with E-state index in [1.165, 1.54) is 0 Å². The number of rotatable bonds is 3. The van der Waals surface area contributed by atoms with Crippen LogP contribution in [0.1, 0.15) is 11.5 Å². The number of hydrogen-bond acceptors (Lipinski definition) is 5.